The number of aryl methyl sites for hydroxylation is 1. The number of aromatic nitrogens is 1. The first-order valence-corrected chi connectivity index (χ1v) is 6.93. The summed E-state index contributed by atoms with van der Waals surface area (Å²) in [5.41, 5.74) is 3.95. The summed E-state index contributed by atoms with van der Waals surface area (Å²) in [7, 11) is 0. The molecule has 0 aliphatic heterocycles. The van der Waals surface area contributed by atoms with Crippen molar-refractivity contribution in [2.24, 2.45) is 0 Å². The molecule has 0 atom stereocenters. The van der Waals surface area contributed by atoms with Crippen molar-refractivity contribution in [3.8, 4) is 27.6 Å². The Kier molecular flexibility index (Phi) is 3.05. The molecule has 1 N–H and O–H groups in total. The van der Waals surface area contributed by atoms with Gasteiger partial charge in [0.05, 0.1) is 11.3 Å². The lowest BCUT2D eigenvalue weighted by atomic mass is 10.1. The van der Waals surface area contributed by atoms with Gasteiger partial charge in [-0.25, -0.2) is 4.98 Å². The van der Waals surface area contributed by atoms with Gasteiger partial charge in [0.2, 0.25) is 0 Å². The van der Waals surface area contributed by atoms with Crippen LogP contribution in [0.5, 0.6) is 5.75 Å². The van der Waals surface area contributed by atoms with Crippen molar-refractivity contribution in [1.82, 2.24) is 4.98 Å². The third-order valence-corrected chi connectivity index (χ3v) is 3.83. The van der Waals surface area contributed by atoms with Crippen molar-refractivity contribution in [1.29, 1.82) is 0 Å². The first kappa shape index (κ1) is 11.9. The summed E-state index contributed by atoms with van der Waals surface area (Å²) in [6, 6.07) is 15.6. The van der Waals surface area contributed by atoms with Crippen molar-refractivity contribution in [3.05, 3.63) is 59.5 Å². The van der Waals surface area contributed by atoms with Gasteiger partial charge in [0.1, 0.15) is 10.8 Å². The maximum Gasteiger partial charge on any atom is 0.127 e. The highest BCUT2D eigenvalue weighted by Gasteiger charge is 2.10. The molecule has 3 heteroatoms. The Morgan fingerprint density at radius 2 is 1.84 bits per heavy atom. The minimum Gasteiger partial charge on any atom is -0.507 e. The van der Waals surface area contributed by atoms with Crippen LogP contribution in [0.2, 0.25) is 0 Å². The van der Waals surface area contributed by atoms with E-state index in [4.69, 9.17) is 0 Å². The Balaban J connectivity index is 2.04. The zero-order chi connectivity index (χ0) is 13.2. The molecule has 3 rings (SSSR count). The number of hydrogen-bond donors (Lipinski definition) is 1. The van der Waals surface area contributed by atoms with Crippen molar-refractivity contribution < 1.29 is 5.11 Å². The highest BCUT2D eigenvalue weighted by molar-refractivity contribution is 7.13. The number of aromatic hydroxyl groups is 1. The van der Waals surface area contributed by atoms with Crippen molar-refractivity contribution in [3.63, 3.8) is 0 Å². The molecular weight excluding hydrogens is 254 g/mol. The van der Waals surface area contributed by atoms with E-state index in [-0.39, 0.29) is 5.75 Å². The molecule has 0 saturated heterocycles. The lowest BCUT2D eigenvalue weighted by Crippen LogP contribution is -1.81. The molecule has 0 bridgehead atoms. The van der Waals surface area contributed by atoms with Crippen LogP contribution in [0.3, 0.4) is 0 Å². The Labute approximate surface area is 116 Å². The molecule has 2 nitrogen and oxygen atoms in total. The number of nitrogens with zero attached hydrogens (tertiary/aromatic N) is 1. The zero-order valence-electron chi connectivity index (χ0n) is 10.5. The van der Waals surface area contributed by atoms with Crippen LogP contribution in [0.15, 0.2) is 53.9 Å². The smallest absolute Gasteiger partial charge is 0.127 e. The maximum atomic E-state index is 9.93. The lowest BCUT2D eigenvalue weighted by Gasteiger charge is -2.02. The van der Waals surface area contributed by atoms with E-state index in [2.05, 4.69) is 4.98 Å². The van der Waals surface area contributed by atoms with Gasteiger partial charge in [0.25, 0.3) is 0 Å². The first-order chi connectivity index (χ1) is 9.24. The number of thiazole rings is 1. The lowest BCUT2D eigenvalue weighted by molar-refractivity contribution is 0.477. The SMILES string of the molecule is Cc1ccc(O)c(-c2nc(-c3ccccc3)cs2)c1. The fourth-order valence-corrected chi connectivity index (χ4v) is 2.81. The van der Waals surface area contributed by atoms with Crippen LogP contribution in [-0.4, -0.2) is 10.1 Å². The van der Waals surface area contributed by atoms with Crippen LogP contribution >= 0.6 is 11.3 Å². The second-order valence-electron chi connectivity index (χ2n) is 4.42. The average Bonchev–Trinajstić information content (AvgIpc) is 2.92. The van der Waals surface area contributed by atoms with E-state index < -0.39 is 0 Å². The maximum absolute atomic E-state index is 9.93. The van der Waals surface area contributed by atoms with Crippen LogP contribution in [0.25, 0.3) is 21.8 Å². The molecule has 1 heterocycles. The van der Waals surface area contributed by atoms with Gasteiger partial charge in [-0.15, -0.1) is 11.3 Å². The van der Waals surface area contributed by atoms with Crippen molar-refractivity contribution in [2.75, 3.05) is 0 Å². The van der Waals surface area contributed by atoms with Crippen molar-refractivity contribution >= 4 is 11.3 Å². The molecule has 2 aromatic carbocycles. The van der Waals surface area contributed by atoms with Gasteiger partial charge in [0.15, 0.2) is 0 Å². The largest absolute Gasteiger partial charge is 0.507 e. The van der Waals surface area contributed by atoms with Crippen LogP contribution in [0.1, 0.15) is 5.56 Å². The molecule has 0 radical (unpaired) electrons. The Bertz CT molecular complexity index is 704. The summed E-state index contributed by atoms with van der Waals surface area (Å²) < 4.78 is 0. The second kappa shape index (κ2) is 4.86. The fraction of sp³-hybridized carbons (Fsp3) is 0.0625. The monoisotopic (exact) mass is 267 g/mol. The highest BCUT2D eigenvalue weighted by atomic mass is 32.1. The number of phenols is 1. The van der Waals surface area contributed by atoms with Crippen LogP contribution in [0.4, 0.5) is 0 Å². The van der Waals surface area contributed by atoms with Gasteiger partial charge in [-0.2, -0.15) is 0 Å². The average molecular weight is 267 g/mol. The summed E-state index contributed by atoms with van der Waals surface area (Å²) in [4.78, 5) is 4.61. The Morgan fingerprint density at radius 3 is 2.63 bits per heavy atom. The standard InChI is InChI=1S/C16H13NOS/c1-11-7-8-15(18)13(9-11)16-17-14(10-19-16)12-5-3-2-4-6-12/h2-10,18H,1H3. The molecular formula is C16H13NOS. The third-order valence-electron chi connectivity index (χ3n) is 2.96. The van der Waals surface area contributed by atoms with Crippen molar-refractivity contribution in [2.45, 2.75) is 6.92 Å². The predicted octanol–water partition coefficient (Wildman–Crippen LogP) is 4.49. The Hall–Kier alpha value is -2.13. The molecule has 0 aliphatic rings. The van der Waals surface area contributed by atoms with Gasteiger partial charge in [0, 0.05) is 10.9 Å². The minimum atomic E-state index is 0.277. The first-order valence-electron chi connectivity index (χ1n) is 6.05. The van der Waals surface area contributed by atoms with Gasteiger partial charge >= 0.3 is 0 Å². The fourth-order valence-electron chi connectivity index (χ4n) is 1.96. The van der Waals surface area contributed by atoms with E-state index in [1.165, 1.54) is 0 Å². The summed E-state index contributed by atoms with van der Waals surface area (Å²) in [5.74, 6) is 0.277. The molecule has 0 aliphatic carbocycles. The van der Waals surface area contributed by atoms with Crippen LogP contribution in [0, 0.1) is 6.92 Å². The third kappa shape index (κ3) is 2.37. The van der Waals surface area contributed by atoms with Gasteiger partial charge < -0.3 is 5.11 Å². The summed E-state index contributed by atoms with van der Waals surface area (Å²) in [6.45, 7) is 2.01. The summed E-state index contributed by atoms with van der Waals surface area (Å²) in [6.07, 6.45) is 0. The van der Waals surface area contributed by atoms with Gasteiger partial charge in [-0.05, 0) is 19.1 Å². The highest BCUT2D eigenvalue weighted by Crippen LogP contribution is 2.34. The summed E-state index contributed by atoms with van der Waals surface area (Å²) in [5, 5.41) is 12.8. The number of rotatable bonds is 2. The van der Waals surface area contributed by atoms with E-state index in [1.54, 1.807) is 17.4 Å². The molecule has 94 valence electrons. The minimum absolute atomic E-state index is 0.277. The number of phenolic OH excluding ortho intramolecular Hbond substituents is 1. The van der Waals surface area contributed by atoms with Gasteiger partial charge in [-0.1, -0.05) is 42.0 Å². The van der Waals surface area contributed by atoms with E-state index >= 15 is 0 Å². The van der Waals surface area contributed by atoms with E-state index in [0.29, 0.717) is 0 Å². The van der Waals surface area contributed by atoms with Crippen LogP contribution in [-0.2, 0) is 0 Å². The topological polar surface area (TPSA) is 33.1 Å². The molecule has 19 heavy (non-hydrogen) atoms. The zero-order valence-corrected chi connectivity index (χ0v) is 11.3. The molecule has 0 spiro atoms. The molecule has 0 amide bonds. The quantitative estimate of drug-likeness (QED) is 0.742. The number of hydrogen-bond acceptors (Lipinski definition) is 3. The molecule has 3 aromatic rings. The summed E-state index contributed by atoms with van der Waals surface area (Å²) >= 11 is 1.55. The molecule has 1 aromatic heterocycles. The predicted molar refractivity (Wildman–Crippen MR) is 79.4 cm³/mol. The van der Waals surface area contributed by atoms with Crippen LogP contribution < -0.4 is 0 Å². The molecule has 0 unspecified atom stereocenters. The Morgan fingerprint density at radius 1 is 1.05 bits per heavy atom. The van der Waals surface area contributed by atoms with E-state index in [9.17, 15) is 5.11 Å². The molecule has 0 fully saturated rings. The van der Waals surface area contributed by atoms with E-state index in [1.807, 2.05) is 54.8 Å². The molecule has 0 saturated carbocycles. The van der Waals surface area contributed by atoms with Gasteiger partial charge in [-0.3, -0.25) is 0 Å². The normalized spacial score (nSPS) is 10.6. The van der Waals surface area contributed by atoms with E-state index in [0.717, 1.165) is 27.4 Å². The second-order valence-corrected chi connectivity index (χ2v) is 5.28. The number of benzene rings is 2.